The minimum Gasteiger partial charge on any atom is -0.373 e. The molecule has 2 aliphatic heterocycles. The molecule has 1 amide bonds. The first-order valence-electron chi connectivity index (χ1n) is 9.77. The van der Waals surface area contributed by atoms with Gasteiger partial charge in [-0.15, -0.1) is 0 Å². The van der Waals surface area contributed by atoms with Crippen molar-refractivity contribution in [1.82, 2.24) is 15.5 Å². The molecule has 3 rings (SSSR count). The number of benzene rings is 1. The van der Waals surface area contributed by atoms with Gasteiger partial charge in [0, 0.05) is 12.2 Å². The lowest BCUT2D eigenvalue weighted by Crippen LogP contribution is -2.47. The summed E-state index contributed by atoms with van der Waals surface area (Å²) in [7, 11) is 3.75. The van der Waals surface area contributed by atoms with E-state index in [2.05, 4.69) is 22.9 Å². The molecule has 7 heteroatoms. The molecule has 0 radical (unpaired) electrons. The summed E-state index contributed by atoms with van der Waals surface area (Å²) in [5.41, 5.74) is 1.85. The Hall–Kier alpha value is -2.12. The number of hydrogen-bond donors (Lipinski definition) is 3. The second-order valence-corrected chi connectivity index (χ2v) is 7.54. The van der Waals surface area contributed by atoms with E-state index in [1.807, 2.05) is 43.3 Å². The van der Waals surface area contributed by atoms with Gasteiger partial charge in [-0.2, -0.15) is 0 Å². The Morgan fingerprint density at radius 2 is 2.19 bits per heavy atom. The van der Waals surface area contributed by atoms with Gasteiger partial charge in [0.1, 0.15) is 0 Å². The zero-order valence-electron chi connectivity index (χ0n) is 16.5. The van der Waals surface area contributed by atoms with Crippen molar-refractivity contribution in [2.45, 2.75) is 51.0 Å². The first-order chi connectivity index (χ1) is 13.0. The number of nitrogens with zero attached hydrogens (tertiary/aromatic N) is 2. The largest absolute Gasteiger partial charge is 0.373 e. The number of ether oxygens (including phenoxy) is 1. The summed E-state index contributed by atoms with van der Waals surface area (Å²) < 4.78 is 5.92. The zero-order chi connectivity index (χ0) is 19.2. The van der Waals surface area contributed by atoms with Crippen LogP contribution in [0, 0.1) is 0 Å². The van der Waals surface area contributed by atoms with Crippen molar-refractivity contribution in [3.63, 3.8) is 0 Å². The second-order valence-electron chi connectivity index (χ2n) is 7.54. The molecule has 2 aliphatic rings. The molecule has 1 aromatic rings. The van der Waals surface area contributed by atoms with Crippen LogP contribution in [0.1, 0.15) is 31.7 Å². The van der Waals surface area contributed by atoms with Crippen LogP contribution in [0.3, 0.4) is 0 Å². The van der Waals surface area contributed by atoms with Gasteiger partial charge in [0.05, 0.1) is 31.3 Å². The molecule has 3 unspecified atom stereocenters. The summed E-state index contributed by atoms with van der Waals surface area (Å²) in [5, 5.41) is 9.77. The van der Waals surface area contributed by atoms with E-state index in [9.17, 15) is 4.79 Å². The highest BCUT2D eigenvalue weighted by atomic mass is 16.5. The molecule has 2 heterocycles. The van der Waals surface area contributed by atoms with Crippen molar-refractivity contribution in [3.05, 3.63) is 29.8 Å². The number of anilines is 1. The molecule has 27 heavy (non-hydrogen) atoms. The van der Waals surface area contributed by atoms with Crippen molar-refractivity contribution in [3.8, 4) is 0 Å². The van der Waals surface area contributed by atoms with E-state index in [0.717, 1.165) is 36.6 Å². The minimum atomic E-state index is -0.0213. The number of carbonyl (C=O) groups excluding carboxylic acids is 1. The molecule has 3 atom stereocenters. The maximum atomic E-state index is 11.9. The number of rotatable bonds is 7. The van der Waals surface area contributed by atoms with Gasteiger partial charge in [-0.05, 0) is 58.0 Å². The molecule has 0 saturated carbocycles. The highest BCUT2D eigenvalue weighted by molar-refractivity contribution is 5.92. The molecular formula is C20H31N5O2. The number of carbonyl (C=O) groups is 1. The summed E-state index contributed by atoms with van der Waals surface area (Å²) in [5.74, 6) is 0.799. The van der Waals surface area contributed by atoms with Crippen molar-refractivity contribution >= 4 is 17.6 Å². The molecule has 2 bridgehead atoms. The Kier molecular flexibility index (Phi) is 6.68. The normalized spacial score (nSPS) is 24.3. The van der Waals surface area contributed by atoms with Gasteiger partial charge in [0.2, 0.25) is 5.91 Å². The third-order valence-corrected chi connectivity index (χ3v) is 4.86. The van der Waals surface area contributed by atoms with E-state index in [1.165, 1.54) is 6.42 Å². The lowest BCUT2D eigenvalue weighted by Gasteiger charge is -2.22. The number of fused-ring (bicyclic) bond motifs is 2. The van der Waals surface area contributed by atoms with Crippen LogP contribution >= 0.6 is 0 Å². The molecule has 2 fully saturated rings. The monoisotopic (exact) mass is 373 g/mol. The Balaban J connectivity index is 1.58. The smallest absolute Gasteiger partial charge is 0.238 e. The van der Waals surface area contributed by atoms with Crippen molar-refractivity contribution in [2.24, 2.45) is 4.99 Å². The number of aliphatic imine (C=N–C) groups is 1. The Labute approximate surface area is 161 Å². The van der Waals surface area contributed by atoms with E-state index in [4.69, 9.17) is 9.73 Å². The average molecular weight is 374 g/mol. The molecule has 0 aromatic heterocycles. The molecule has 0 aliphatic carbocycles. The standard InChI is InChI=1S/C20H31N5O2/c1-4-21-20(24-17-11-16-8-9-18(17)27-16)22-12-14-6-5-7-15(10-14)23-19(26)13-25(2)3/h5-7,10,16-18H,4,8-9,11-13H2,1-3H3,(H,23,26)(H2,21,22,24). The summed E-state index contributed by atoms with van der Waals surface area (Å²) in [4.78, 5) is 18.5. The van der Waals surface area contributed by atoms with Crippen LogP contribution in [-0.4, -0.2) is 62.2 Å². The Bertz CT molecular complexity index is 676. The third-order valence-electron chi connectivity index (χ3n) is 4.86. The van der Waals surface area contributed by atoms with Crippen molar-refractivity contribution < 1.29 is 9.53 Å². The van der Waals surface area contributed by atoms with Crippen LogP contribution in [0.5, 0.6) is 0 Å². The van der Waals surface area contributed by atoms with Gasteiger partial charge in [-0.3, -0.25) is 4.79 Å². The summed E-state index contributed by atoms with van der Waals surface area (Å²) in [6.07, 6.45) is 4.11. The average Bonchev–Trinajstić information content (AvgIpc) is 3.22. The molecule has 1 aromatic carbocycles. The van der Waals surface area contributed by atoms with E-state index in [1.54, 1.807) is 0 Å². The minimum absolute atomic E-state index is 0.0213. The van der Waals surface area contributed by atoms with Crippen LogP contribution in [0.2, 0.25) is 0 Å². The van der Waals surface area contributed by atoms with Gasteiger partial charge in [0.25, 0.3) is 0 Å². The fourth-order valence-electron chi connectivity index (χ4n) is 3.69. The molecule has 3 N–H and O–H groups in total. The zero-order valence-corrected chi connectivity index (χ0v) is 16.5. The van der Waals surface area contributed by atoms with Crippen LogP contribution in [0.4, 0.5) is 5.69 Å². The number of guanidine groups is 1. The fourth-order valence-corrected chi connectivity index (χ4v) is 3.69. The highest BCUT2D eigenvalue weighted by Gasteiger charge is 2.41. The molecule has 2 saturated heterocycles. The topological polar surface area (TPSA) is 78.0 Å². The van der Waals surface area contributed by atoms with E-state index >= 15 is 0 Å². The second kappa shape index (κ2) is 9.19. The van der Waals surface area contributed by atoms with Crippen molar-refractivity contribution in [1.29, 1.82) is 0 Å². The SMILES string of the molecule is CCNC(=NCc1cccc(NC(=O)CN(C)C)c1)NC1CC2CCC1O2. The Morgan fingerprint density at radius 1 is 1.33 bits per heavy atom. The van der Waals surface area contributed by atoms with Crippen LogP contribution < -0.4 is 16.0 Å². The highest BCUT2D eigenvalue weighted by Crippen LogP contribution is 2.34. The van der Waals surface area contributed by atoms with E-state index in [-0.39, 0.29) is 5.91 Å². The lowest BCUT2D eigenvalue weighted by atomic mass is 9.96. The van der Waals surface area contributed by atoms with Gasteiger partial charge in [0.15, 0.2) is 5.96 Å². The quantitative estimate of drug-likeness (QED) is 0.499. The maximum Gasteiger partial charge on any atom is 0.238 e. The summed E-state index contributed by atoms with van der Waals surface area (Å²) in [6, 6.07) is 8.19. The number of likely N-dealkylation sites (N-methyl/N-ethyl adjacent to an activating group) is 1. The number of hydrogen-bond acceptors (Lipinski definition) is 4. The first kappa shape index (κ1) is 19.6. The number of amides is 1. The van der Waals surface area contributed by atoms with Gasteiger partial charge < -0.3 is 25.6 Å². The first-order valence-corrected chi connectivity index (χ1v) is 9.77. The maximum absolute atomic E-state index is 11.9. The summed E-state index contributed by atoms with van der Waals surface area (Å²) >= 11 is 0. The van der Waals surface area contributed by atoms with Crippen LogP contribution in [0.15, 0.2) is 29.3 Å². The van der Waals surface area contributed by atoms with Crippen LogP contribution in [0.25, 0.3) is 0 Å². The molecular weight excluding hydrogens is 342 g/mol. The van der Waals surface area contributed by atoms with E-state index < -0.39 is 0 Å². The predicted octanol–water partition coefficient (Wildman–Crippen LogP) is 1.56. The van der Waals surface area contributed by atoms with Gasteiger partial charge in [-0.1, -0.05) is 12.1 Å². The van der Waals surface area contributed by atoms with Crippen LogP contribution in [-0.2, 0) is 16.1 Å². The summed E-state index contributed by atoms with van der Waals surface area (Å²) in [6.45, 7) is 3.79. The van der Waals surface area contributed by atoms with Gasteiger partial charge in [-0.25, -0.2) is 4.99 Å². The molecule has 0 spiro atoms. The predicted molar refractivity (Wildman–Crippen MR) is 108 cm³/mol. The molecule has 7 nitrogen and oxygen atoms in total. The van der Waals surface area contributed by atoms with Gasteiger partial charge >= 0.3 is 0 Å². The third kappa shape index (κ3) is 5.68. The van der Waals surface area contributed by atoms with E-state index in [0.29, 0.717) is 31.3 Å². The van der Waals surface area contributed by atoms with Crippen molar-refractivity contribution in [2.75, 3.05) is 32.5 Å². The Morgan fingerprint density at radius 3 is 2.85 bits per heavy atom. The molecule has 148 valence electrons. The lowest BCUT2D eigenvalue weighted by molar-refractivity contribution is -0.116. The fraction of sp³-hybridized carbons (Fsp3) is 0.600. The number of nitrogens with one attached hydrogen (secondary N) is 3.